The summed E-state index contributed by atoms with van der Waals surface area (Å²) in [5.74, 6) is -1.28. The van der Waals surface area contributed by atoms with Crippen molar-refractivity contribution in [1.82, 2.24) is 0 Å². The smallest absolute Gasteiger partial charge is 0.359 e. The van der Waals surface area contributed by atoms with Crippen molar-refractivity contribution in [3.8, 4) is 0 Å². The van der Waals surface area contributed by atoms with Gasteiger partial charge in [0.05, 0.1) is 14.2 Å². The molecule has 1 aliphatic heterocycles. The minimum absolute atomic E-state index is 0.00232. The van der Waals surface area contributed by atoms with E-state index in [4.69, 9.17) is 0 Å². The van der Waals surface area contributed by atoms with Gasteiger partial charge >= 0.3 is 11.9 Å². The van der Waals surface area contributed by atoms with Crippen LogP contribution in [-0.2, 0) is 19.1 Å². The monoisotopic (exact) mass is 240 g/mol. The maximum absolute atomic E-state index is 11.8. The molecule has 0 bridgehead atoms. The van der Waals surface area contributed by atoms with Gasteiger partial charge in [-0.1, -0.05) is 13.8 Å². The fourth-order valence-electron chi connectivity index (χ4n) is 1.54. The van der Waals surface area contributed by atoms with E-state index in [1.165, 1.54) is 14.2 Å². The van der Waals surface area contributed by atoms with Crippen molar-refractivity contribution in [2.75, 3.05) is 14.2 Å². The zero-order valence-electron chi connectivity index (χ0n) is 10.6. The summed E-state index contributed by atoms with van der Waals surface area (Å²) in [5.41, 5.74) is -0.770. The zero-order chi connectivity index (χ0) is 13.2. The van der Waals surface area contributed by atoms with Crippen molar-refractivity contribution in [3.05, 3.63) is 11.3 Å². The van der Waals surface area contributed by atoms with E-state index in [9.17, 15) is 9.59 Å². The molecule has 6 nitrogen and oxygen atoms in total. The first-order chi connectivity index (χ1) is 7.88. The van der Waals surface area contributed by atoms with Crippen molar-refractivity contribution in [2.45, 2.75) is 26.3 Å². The van der Waals surface area contributed by atoms with Crippen LogP contribution < -0.4 is 0 Å². The minimum atomic E-state index is -0.851. The van der Waals surface area contributed by atoms with Gasteiger partial charge in [-0.25, -0.2) is 9.59 Å². The molecular weight excluding hydrogens is 224 g/mol. The maximum atomic E-state index is 11.8. The lowest BCUT2D eigenvalue weighted by molar-refractivity contribution is -0.139. The number of hydrogen-bond donors (Lipinski definition) is 0. The Labute approximate surface area is 99.7 Å². The van der Waals surface area contributed by atoms with E-state index in [-0.39, 0.29) is 17.2 Å². The Balaban J connectivity index is 3.34. The number of methoxy groups -OCH3 is 2. The molecule has 0 N–H and O–H groups in total. The fraction of sp³-hybridized carbons (Fsp3) is 0.636. The van der Waals surface area contributed by atoms with Crippen molar-refractivity contribution >= 4 is 11.9 Å². The highest BCUT2D eigenvalue weighted by atomic mass is 16.5. The lowest BCUT2D eigenvalue weighted by Crippen LogP contribution is -2.35. The van der Waals surface area contributed by atoms with Crippen LogP contribution in [0.1, 0.15) is 20.8 Å². The molecule has 17 heavy (non-hydrogen) atoms. The first-order valence-electron chi connectivity index (χ1n) is 5.22. The second-order valence-corrected chi connectivity index (χ2v) is 4.21. The first kappa shape index (κ1) is 13.3. The SMILES string of the molecule is COC(=O)C1=C(C(=O)OC)C(C)(C(C)C)N=N1. The van der Waals surface area contributed by atoms with Crippen LogP contribution in [0.5, 0.6) is 0 Å². The molecule has 0 spiro atoms. The molecule has 0 amide bonds. The lowest BCUT2D eigenvalue weighted by Gasteiger charge is -2.25. The number of ether oxygens (including phenoxy) is 2. The quantitative estimate of drug-likeness (QED) is 0.700. The van der Waals surface area contributed by atoms with Gasteiger partial charge in [0, 0.05) is 0 Å². The number of carbonyl (C=O) groups excluding carboxylic acids is 2. The highest BCUT2D eigenvalue weighted by Gasteiger charge is 2.45. The number of nitrogens with zero attached hydrogens (tertiary/aromatic N) is 2. The molecule has 6 heteroatoms. The van der Waals surface area contributed by atoms with Crippen LogP contribution >= 0.6 is 0 Å². The molecule has 0 saturated heterocycles. The Morgan fingerprint density at radius 3 is 2.12 bits per heavy atom. The number of esters is 2. The largest absolute Gasteiger partial charge is 0.466 e. The maximum Gasteiger partial charge on any atom is 0.359 e. The molecule has 1 atom stereocenters. The molecule has 1 unspecified atom stereocenters. The van der Waals surface area contributed by atoms with Crippen LogP contribution in [0.4, 0.5) is 0 Å². The molecule has 0 radical (unpaired) electrons. The summed E-state index contributed by atoms with van der Waals surface area (Å²) in [5, 5.41) is 7.78. The van der Waals surface area contributed by atoms with Crippen LogP contribution in [0, 0.1) is 5.92 Å². The van der Waals surface area contributed by atoms with E-state index >= 15 is 0 Å². The van der Waals surface area contributed by atoms with Crippen LogP contribution in [0.25, 0.3) is 0 Å². The van der Waals surface area contributed by atoms with Gasteiger partial charge in [-0.3, -0.25) is 0 Å². The summed E-state index contributed by atoms with van der Waals surface area (Å²) in [6, 6.07) is 0. The molecule has 0 fully saturated rings. The van der Waals surface area contributed by atoms with E-state index in [0.717, 1.165) is 0 Å². The summed E-state index contributed by atoms with van der Waals surface area (Å²) in [7, 11) is 2.48. The van der Waals surface area contributed by atoms with E-state index in [2.05, 4.69) is 19.7 Å². The van der Waals surface area contributed by atoms with Crippen LogP contribution in [-0.4, -0.2) is 31.7 Å². The molecule has 0 aliphatic carbocycles. The minimum Gasteiger partial charge on any atom is -0.466 e. The molecule has 0 aromatic carbocycles. The number of hydrogen-bond acceptors (Lipinski definition) is 6. The summed E-state index contributed by atoms with van der Waals surface area (Å²) in [6.45, 7) is 5.52. The molecule has 0 aromatic rings. The van der Waals surface area contributed by atoms with Crippen LogP contribution in [0.2, 0.25) is 0 Å². The number of rotatable bonds is 3. The third-order valence-electron chi connectivity index (χ3n) is 2.99. The Hall–Kier alpha value is -1.72. The third kappa shape index (κ3) is 2.07. The molecule has 1 aliphatic rings. The van der Waals surface area contributed by atoms with E-state index in [1.54, 1.807) is 6.92 Å². The average molecular weight is 240 g/mol. The summed E-state index contributed by atoms with van der Waals surface area (Å²) in [4.78, 5) is 23.3. The lowest BCUT2D eigenvalue weighted by atomic mass is 9.81. The highest BCUT2D eigenvalue weighted by Crippen LogP contribution is 2.38. The zero-order valence-corrected chi connectivity index (χ0v) is 10.6. The molecule has 0 aromatic heterocycles. The van der Waals surface area contributed by atoms with Gasteiger partial charge in [0.1, 0.15) is 11.1 Å². The fourth-order valence-corrected chi connectivity index (χ4v) is 1.54. The van der Waals surface area contributed by atoms with Gasteiger partial charge in [0.15, 0.2) is 5.70 Å². The molecule has 0 saturated carbocycles. The predicted octanol–water partition coefficient (Wildman–Crippen LogP) is 1.47. The number of azo groups is 1. The molecular formula is C11H16N2O4. The Kier molecular flexibility index (Phi) is 3.65. The van der Waals surface area contributed by atoms with Gasteiger partial charge in [-0.2, -0.15) is 5.11 Å². The van der Waals surface area contributed by atoms with Gasteiger partial charge in [0.2, 0.25) is 0 Å². The first-order valence-corrected chi connectivity index (χ1v) is 5.22. The second kappa shape index (κ2) is 4.65. The molecule has 1 heterocycles. The number of carbonyl (C=O) groups is 2. The van der Waals surface area contributed by atoms with Crippen molar-refractivity contribution in [3.63, 3.8) is 0 Å². The second-order valence-electron chi connectivity index (χ2n) is 4.21. The average Bonchev–Trinajstić information content (AvgIpc) is 2.66. The van der Waals surface area contributed by atoms with Crippen LogP contribution in [0.3, 0.4) is 0 Å². The van der Waals surface area contributed by atoms with Crippen molar-refractivity contribution in [1.29, 1.82) is 0 Å². The Bertz CT molecular complexity index is 412. The van der Waals surface area contributed by atoms with E-state index in [1.807, 2.05) is 13.8 Å². The Morgan fingerprint density at radius 2 is 1.71 bits per heavy atom. The summed E-state index contributed by atoms with van der Waals surface area (Å²) in [6.07, 6.45) is 0. The van der Waals surface area contributed by atoms with Crippen LogP contribution in [0.15, 0.2) is 21.5 Å². The summed E-state index contributed by atoms with van der Waals surface area (Å²) < 4.78 is 9.25. The van der Waals surface area contributed by atoms with Gasteiger partial charge in [0.25, 0.3) is 0 Å². The van der Waals surface area contributed by atoms with Gasteiger partial charge in [-0.15, -0.1) is 5.11 Å². The molecule has 94 valence electrons. The van der Waals surface area contributed by atoms with Crippen molar-refractivity contribution in [2.24, 2.45) is 16.1 Å². The molecule has 1 rings (SSSR count). The third-order valence-corrected chi connectivity index (χ3v) is 2.99. The topological polar surface area (TPSA) is 77.3 Å². The highest BCUT2D eigenvalue weighted by molar-refractivity contribution is 6.02. The summed E-state index contributed by atoms with van der Waals surface area (Å²) >= 11 is 0. The predicted molar refractivity (Wildman–Crippen MR) is 59.2 cm³/mol. The van der Waals surface area contributed by atoms with E-state index in [0.29, 0.717) is 0 Å². The van der Waals surface area contributed by atoms with Crippen molar-refractivity contribution < 1.29 is 19.1 Å². The van der Waals surface area contributed by atoms with Gasteiger partial charge in [-0.05, 0) is 12.8 Å². The van der Waals surface area contributed by atoms with Gasteiger partial charge < -0.3 is 9.47 Å². The standard InChI is InChI=1S/C11H16N2O4/c1-6(2)11(3)7(9(14)16-4)8(12-13-11)10(15)17-5/h6H,1-5H3. The Morgan fingerprint density at radius 1 is 1.18 bits per heavy atom. The van der Waals surface area contributed by atoms with E-state index < -0.39 is 17.5 Å². The normalized spacial score (nSPS) is 23.2.